The van der Waals surface area contributed by atoms with Crippen molar-refractivity contribution in [3.63, 3.8) is 0 Å². The molecular formula is C22H28O4. The minimum atomic E-state index is -0.911. The molecule has 0 aliphatic heterocycles. The Labute approximate surface area is 154 Å². The van der Waals surface area contributed by atoms with Crippen molar-refractivity contribution in [2.75, 3.05) is 0 Å². The topological polar surface area (TPSA) is 74.6 Å². The molecule has 0 unspecified atom stereocenters. The number of carboxylic acids is 1. The van der Waals surface area contributed by atoms with Gasteiger partial charge < -0.3 is 10.2 Å². The molecular weight excluding hydrogens is 328 g/mol. The predicted octanol–water partition coefficient (Wildman–Crippen LogP) is 3.81. The van der Waals surface area contributed by atoms with Crippen LogP contribution < -0.4 is 0 Å². The Morgan fingerprint density at radius 2 is 2.08 bits per heavy atom. The summed E-state index contributed by atoms with van der Waals surface area (Å²) < 4.78 is 0. The second-order valence-electron chi connectivity index (χ2n) is 9.13. The molecule has 4 nitrogen and oxygen atoms in total. The number of hydrogen-bond donors (Lipinski definition) is 2. The van der Waals surface area contributed by atoms with Crippen LogP contribution in [-0.2, 0) is 9.59 Å². The van der Waals surface area contributed by atoms with E-state index in [4.69, 9.17) is 5.11 Å². The van der Waals surface area contributed by atoms with Crippen molar-refractivity contribution in [1.29, 1.82) is 0 Å². The van der Waals surface area contributed by atoms with Crippen LogP contribution in [0, 0.1) is 22.7 Å². The van der Waals surface area contributed by atoms with Crippen LogP contribution in [0.3, 0.4) is 0 Å². The van der Waals surface area contributed by atoms with Crippen LogP contribution in [0.25, 0.3) is 0 Å². The van der Waals surface area contributed by atoms with Gasteiger partial charge in [-0.2, -0.15) is 0 Å². The molecule has 5 atom stereocenters. The van der Waals surface area contributed by atoms with Crippen molar-refractivity contribution in [1.82, 2.24) is 0 Å². The summed E-state index contributed by atoms with van der Waals surface area (Å²) in [6.07, 6.45) is 12.6. The lowest BCUT2D eigenvalue weighted by atomic mass is 9.52. The third-order valence-corrected chi connectivity index (χ3v) is 7.99. The lowest BCUT2D eigenvalue weighted by Gasteiger charge is -2.53. The zero-order chi connectivity index (χ0) is 18.7. The average molecular weight is 356 g/mol. The Kier molecular flexibility index (Phi) is 3.85. The molecule has 4 rings (SSSR count). The highest BCUT2D eigenvalue weighted by Crippen LogP contribution is 2.64. The number of hydrogen-bond acceptors (Lipinski definition) is 3. The highest BCUT2D eigenvalue weighted by molar-refractivity contribution is 5.92. The second-order valence-corrected chi connectivity index (χ2v) is 9.13. The van der Waals surface area contributed by atoms with E-state index in [1.165, 1.54) is 5.57 Å². The van der Waals surface area contributed by atoms with Crippen molar-refractivity contribution >= 4 is 11.8 Å². The molecule has 0 aromatic heterocycles. The van der Waals surface area contributed by atoms with E-state index in [0.29, 0.717) is 25.2 Å². The maximum absolute atomic E-state index is 11.9. The number of rotatable bonds is 3. The number of ketones is 1. The van der Waals surface area contributed by atoms with Gasteiger partial charge >= 0.3 is 5.97 Å². The SMILES string of the molecule is C[C@]12CCC(=O)C=C1C=C[C@@H]1C2=CC[C@@]2(C)[C@H]1CC[C@@]2(O)CCC(=O)O. The maximum Gasteiger partial charge on any atom is 0.303 e. The molecule has 0 amide bonds. The molecule has 0 aromatic rings. The molecule has 0 spiro atoms. The van der Waals surface area contributed by atoms with Gasteiger partial charge in [-0.15, -0.1) is 0 Å². The summed E-state index contributed by atoms with van der Waals surface area (Å²) in [7, 11) is 0. The van der Waals surface area contributed by atoms with Gasteiger partial charge in [0.05, 0.1) is 5.60 Å². The molecule has 4 heteroatoms. The van der Waals surface area contributed by atoms with Crippen LogP contribution in [0.4, 0.5) is 0 Å². The lowest BCUT2D eigenvalue weighted by Crippen LogP contribution is -2.50. The van der Waals surface area contributed by atoms with Crippen molar-refractivity contribution in [2.45, 2.75) is 64.4 Å². The molecule has 4 aliphatic rings. The predicted molar refractivity (Wildman–Crippen MR) is 98.4 cm³/mol. The van der Waals surface area contributed by atoms with Gasteiger partial charge in [0, 0.05) is 29.6 Å². The summed E-state index contributed by atoms with van der Waals surface area (Å²) in [5.41, 5.74) is 1.26. The van der Waals surface area contributed by atoms with E-state index in [1.807, 2.05) is 6.08 Å². The molecule has 1 fully saturated rings. The van der Waals surface area contributed by atoms with Crippen molar-refractivity contribution in [3.05, 3.63) is 35.5 Å². The largest absolute Gasteiger partial charge is 0.481 e. The Balaban J connectivity index is 1.70. The standard InChI is InChI=1S/C22H28O4/c1-20-9-5-15(23)13-14(20)3-4-16-17(20)6-10-21(2)18(16)7-11-22(21,26)12-8-19(24)25/h3-4,6,13,16,18,26H,5,7-12H2,1-2H3,(H,24,25)/t16-,18+,20+,21+,22-/m1/s1. The number of carbonyl (C=O) groups excluding carboxylic acids is 1. The number of aliphatic hydroxyl groups is 1. The molecule has 0 bridgehead atoms. The first-order chi connectivity index (χ1) is 12.2. The van der Waals surface area contributed by atoms with Gasteiger partial charge in [-0.05, 0) is 49.7 Å². The third-order valence-electron chi connectivity index (χ3n) is 7.99. The van der Waals surface area contributed by atoms with Crippen LogP contribution in [0.5, 0.6) is 0 Å². The zero-order valence-electron chi connectivity index (χ0n) is 15.6. The molecule has 2 N–H and O–H groups in total. The van der Waals surface area contributed by atoms with Crippen molar-refractivity contribution in [3.8, 4) is 0 Å². The first kappa shape index (κ1) is 17.7. The van der Waals surface area contributed by atoms with Gasteiger partial charge in [-0.1, -0.05) is 37.6 Å². The highest BCUT2D eigenvalue weighted by atomic mass is 16.4. The van der Waals surface area contributed by atoms with Gasteiger partial charge in [0.2, 0.25) is 0 Å². The molecule has 0 aromatic carbocycles. The minimum absolute atomic E-state index is 0.0165. The van der Waals surface area contributed by atoms with Gasteiger partial charge in [0.1, 0.15) is 0 Å². The fourth-order valence-corrected chi connectivity index (χ4v) is 6.16. The van der Waals surface area contributed by atoms with Gasteiger partial charge in [-0.25, -0.2) is 0 Å². The summed E-state index contributed by atoms with van der Waals surface area (Å²) >= 11 is 0. The molecule has 1 saturated carbocycles. The Bertz CT molecular complexity index is 760. The Morgan fingerprint density at radius 1 is 1.31 bits per heavy atom. The van der Waals surface area contributed by atoms with E-state index >= 15 is 0 Å². The fraction of sp³-hybridized carbons (Fsp3) is 0.636. The monoisotopic (exact) mass is 356 g/mol. The van der Waals surface area contributed by atoms with E-state index in [-0.39, 0.29) is 29.0 Å². The molecule has 0 heterocycles. The number of aliphatic carboxylic acids is 1. The maximum atomic E-state index is 11.9. The summed E-state index contributed by atoms with van der Waals surface area (Å²) in [5.74, 6) is -0.0218. The third kappa shape index (κ3) is 2.31. The lowest BCUT2D eigenvalue weighted by molar-refractivity contribution is -0.141. The number of fused-ring (bicyclic) bond motifs is 5. The summed E-state index contributed by atoms with van der Waals surface area (Å²) in [5, 5.41) is 20.4. The fourth-order valence-electron chi connectivity index (χ4n) is 6.16. The molecule has 26 heavy (non-hydrogen) atoms. The molecule has 140 valence electrons. The van der Waals surface area contributed by atoms with Gasteiger partial charge in [0.15, 0.2) is 5.78 Å². The quantitative estimate of drug-likeness (QED) is 0.754. The summed E-state index contributed by atoms with van der Waals surface area (Å²) in [4.78, 5) is 22.9. The van der Waals surface area contributed by atoms with E-state index in [9.17, 15) is 14.7 Å². The van der Waals surface area contributed by atoms with Crippen molar-refractivity contribution < 1.29 is 19.8 Å². The number of carboxylic acid groups (broad SMARTS) is 1. The number of carbonyl (C=O) groups is 2. The zero-order valence-corrected chi connectivity index (χ0v) is 15.6. The number of allylic oxidation sites excluding steroid dienone is 6. The Morgan fingerprint density at radius 3 is 2.81 bits per heavy atom. The minimum Gasteiger partial charge on any atom is -0.481 e. The van der Waals surface area contributed by atoms with Crippen LogP contribution in [-0.4, -0.2) is 27.6 Å². The van der Waals surface area contributed by atoms with E-state index in [0.717, 1.165) is 24.8 Å². The van der Waals surface area contributed by atoms with Gasteiger partial charge in [0.25, 0.3) is 0 Å². The Hall–Kier alpha value is -1.68. The summed E-state index contributed by atoms with van der Waals surface area (Å²) in [6.45, 7) is 4.40. The van der Waals surface area contributed by atoms with E-state index in [1.54, 1.807) is 0 Å². The second kappa shape index (κ2) is 5.66. The summed E-state index contributed by atoms with van der Waals surface area (Å²) in [6, 6.07) is 0. The van der Waals surface area contributed by atoms with Crippen molar-refractivity contribution in [2.24, 2.45) is 22.7 Å². The molecule has 4 aliphatic carbocycles. The van der Waals surface area contributed by atoms with Crippen LogP contribution in [0.2, 0.25) is 0 Å². The highest BCUT2D eigenvalue weighted by Gasteiger charge is 2.60. The van der Waals surface area contributed by atoms with Crippen LogP contribution in [0.1, 0.15) is 58.8 Å². The van der Waals surface area contributed by atoms with E-state index in [2.05, 4.69) is 32.1 Å². The normalized spacial score (nSPS) is 43.9. The van der Waals surface area contributed by atoms with Gasteiger partial charge in [-0.3, -0.25) is 9.59 Å². The first-order valence-corrected chi connectivity index (χ1v) is 9.78. The molecule has 0 saturated heterocycles. The first-order valence-electron chi connectivity index (χ1n) is 9.78. The van der Waals surface area contributed by atoms with Crippen LogP contribution >= 0.6 is 0 Å². The molecule has 0 radical (unpaired) electrons. The smallest absolute Gasteiger partial charge is 0.303 e. The average Bonchev–Trinajstić information content (AvgIpc) is 2.86. The van der Waals surface area contributed by atoms with E-state index < -0.39 is 11.6 Å². The van der Waals surface area contributed by atoms with Crippen LogP contribution in [0.15, 0.2) is 35.5 Å².